The fourth-order valence-electron chi connectivity index (χ4n) is 4.74. The first kappa shape index (κ1) is 24.1. The lowest BCUT2D eigenvalue weighted by Crippen LogP contribution is -2.43. The molecule has 0 amide bonds. The fourth-order valence-corrected chi connectivity index (χ4v) is 4.74. The normalized spacial score (nSPS) is 17.6. The SMILES string of the molecule is CCCC(CC)N1CCCC(COc2cc(OC)c(C=O)c(-c3ccc(OC)cc3)c2)C1. The Morgan fingerprint density at radius 1 is 1.09 bits per heavy atom. The number of likely N-dealkylation sites (tertiary alicyclic amines) is 1. The largest absolute Gasteiger partial charge is 0.497 e. The number of ether oxygens (including phenoxy) is 3. The molecular weight excluding hydrogens is 402 g/mol. The van der Waals surface area contributed by atoms with Crippen LogP contribution in [-0.4, -0.2) is 51.1 Å². The molecule has 0 aliphatic carbocycles. The van der Waals surface area contributed by atoms with Gasteiger partial charge in [0.25, 0.3) is 0 Å². The molecule has 3 rings (SSSR count). The van der Waals surface area contributed by atoms with Crippen molar-refractivity contribution in [3.63, 3.8) is 0 Å². The average molecular weight is 440 g/mol. The molecule has 1 aliphatic rings. The van der Waals surface area contributed by atoms with Gasteiger partial charge in [0.15, 0.2) is 6.29 Å². The van der Waals surface area contributed by atoms with Crippen molar-refractivity contribution in [2.45, 2.75) is 52.0 Å². The van der Waals surface area contributed by atoms with Crippen molar-refractivity contribution >= 4 is 6.29 Å². The Hall–Kier alpha value is -2.53. The van der Waals surface area contributed by atoms with Crippen LogP contribution in [0.4, 0.5) is 0 Å². The van der Waals surface area contributed by atoms with Crippen LogP contribution < -0.4 is 14.2 Å². The van der Waals surface area contributed by atoms with Crippen LogP contribution in [0.3, 0.4) is 0 Å². The molecule has 0 aromatic heterocycles. The molecule has 0 radical (unpaired) electrons. The van der Waals surface area contributed by atoms with E-state index in [1.807, 2.05) is 36.4 Å². The third-order valence-corrected chi connectivity index (χ3v) is 6.50. The Bertz CT molecular complexity index is 865. The van der Waals surface area contributed by atoms with E-state index in [0.717, 1.165) is 35.5 Å². The molecule has 1 saturated heterocycles. The van der Waals surface area contributed by atoms with Crippen LogP contribution in [0.1, 0.15) is 56.3 Å². The smallest absolute Gasteiger partial charge is 0.154 e. The molecule has 1 fully saturated rings. The zero-order valence-corrected chi connectivity index (χ0v) is 19.9. The van der Waals surface area contributed by atoms with Crippen LogP contribution in [0, 0.1) is 5.92 Å². The Labute approximate surface area is 192 Å². The second-order valence-electron chi connectivity index (χ2n) is 8.60. The van der Waals surface area contributed by atoms with Gasteiger partial charge < -0.3 is 14.2 Å². The van der Waals surface area contributed by atoms with E-state index in [9.17, 15) is 4.79 Å². The molecule has 2 atom stereocenters. The number of carbonyl (C=O) groups is 1. The second kappa shape index (κ2) is 11.9. The van der Waals surface area contributed by atoms with Gasteiger partial charge >= 0.3 is 0 Å². The molecule has 2 aromatic carbocycles. The summed E-state index contributed by atoms with van der Waals surface area (Å²) in [5.74, 6) is 2.55. The number of methoxy groups -OCH3 is 2. The first-order valence-electron chi connectivity index (χ1n) is 11.8. The van der Waals surface area contributed by atoms with Gasteiger partial charge in [-0.2, -0.15) is 0 Å². The van der Waals surface area contributed by atoms with Crippen LogP contribution in [0.5, 0.6) is 17.2 Å². The van der Waals surface area contributed by atoms with Crippen molar-refractivity contribution in [2.24, 2.45) is 5.92 Å². The molecule has 174 valence electrons. The van der Waals surface area contributed by atoms with E-state index in [0.29, 0.717) is 29.9 Å². The van der Waals surface area contributed by atoms with E-state index in [4.69, 9.17) is 14.2 Å². The summed E-state index contributed by atoms with van der Waals surface area (Å²) >= 11 is 0. The van der Waals surface area contributed by atoms with Crippen molar-refractivity contribution in [1.29, 1.82) is 0 Å². The molecule has 32 heavy (non-hydrogen) atoms. The molecule has 2 unspecified atom stereocenters. The third kappa shape index (κ3) is 5.83. The molecule has 0 bridgehead atoms. The van der Waals surface area contributed by atoms with E-state index in [1.165, 1.54) is 38.6 Å². The predicted molar refractivity (Wildman–Crippen MR) is 129 cm³/mol. The number of piperidine rings is 1. The Kier molecular flexibility index (Phi) is 8.98. The van der Waals surface area contributed by atoms with Gasteiger partial charge in [0.2, 0.25) is 0 Å². The van der Waals surface area contributed by atoms with Crippen LogP contribution in [-0.2, 0) is 0 Å². The monoisotopic (exact) mass is 439 g/mol. The summed E-state index contributed by atoms with van der Waals surface area (Å²) in [5.41, 5.74) is 2.25. The molecular formula is C27H37NO4. The topological polar surface area (TPSA) is 48.0 Å². The Morgan fingerprint density at radius 3 is 2.50 bits per heavy atom. The molecule has 5 heteroatoms. The standard InChI is InChI=1S/C27H37NO4/c1-5-8-22(6-2)28-14-7-9-20(17-28)19-32-24-15-25(26(18-29)27(16-24)31-4)21-10-12-23(30-3)13-11-21/h10-13,15-16,18,20,22H,5-9,14,17,19H2,1-4H3. The predicted octanol–water partition coefficient (Wildman–Crippen LogP) is 5.85. The Balaban J connectivity index is 1.77. The maximum absolute atomic E-state index is 11.9. The van der Waals surface area contributed by atoms with Crippen molar-refractivity contribution in [3.8, 4) is 28.4 Å². The summed E-state index contributed by atoms with van der Waals surface area (Å²) in [6.45, 7) is 7.52. The van der Waals surface area contributed by atoms with Gasteiger partial charge in [-0.25, -0.2) is 0 Å². The molecule has 0 N–H and O–H groups in total. The van der Waals surface area contributed by atoms with Gasteiger partial charge in [0, 0.05) is 24.6 Å². The van der Waals surface area contributed by atoms with Crippen molar-refractivity contribution in [1.82, 2.24) is 4.90 Å². The van der Waals surface area contributed by atoms with Crippen molar-refractivity contribution < 1.29 is 19.0 Å². The van der Waals surface area contributed by atoms with E-state index in [1.54, 1.807) is 14.2 Å². The van der Waals surface area contributed by atoms with Crippen LogP contribution in [0.15, 0.2) is 36.4 Å². The maximum atomic E-state index is 11.9. The summed E-state index contributed by atoms with van der Waals surface area (Å²) in [6, 6.07) is 12.1. The number of hydrogen-bond acceptors (Lipinski definition) is 5. The molecule has 1 heterocycles. The molecule has 1 aliphatic heterocycles. The summed E-state index contributed by atoms with van der Waals surface area (Å²) < 4.78 is 17.1. The fraction of sp³-hybridized carbons (Fsp3) is 0.519. The third-order valence-electron chi connectivity index (χ3n) is 6.50. The van der Waals surface area contributed by atoms with Crippen molar-refractivity contribution in [3.05, 3.63) is 42.0 Å². The highest BCUT2D eigenvalue weighted by atomic mass is 16.5. The zero-order chi connectivity index (χ0) is 22.9. The molecule has 0 saturated carbocycles. The first-order chi connectivity index (χ1) is 15.6. The highest BCUT2D eigenvalue weighted by Crippen LogP contribution is 2.35. The van der Waals surface area contributed by atoms with Gasteiger partial charge in [0.1, 0.15) is 17.2 Å². The maximum Gasteiger partial charge on any atom is 0.154 e. The zero-order valence-electron chi connectivity index (χ0n) is 19.9. The summed E-state index contributed by atoms with van der Waals surface area (Å²) in [5, 5.41) is 0. The van der Waals surface area contributed by atoms with Crippen LogP contribution >= 0.6 is 0 Å². The van der Waals surface area contributed by atoms with Gasteiger partial charge in [-0.15, -0.1) is 0 Å². The highest BCUT2D eigenvalue weighted by Gasteiger charge is 2.25. The van der Waals surface area contributed by atoms with Crippen molar-refractivity contribution in [2.75, 3.05) is 33.9 Å². The van der Waals surface area contributed by atoms with Gasteiger partial charge in [0.05, 0.1) is 26.4 Å². The summed E-state index contributed by atoms with van der Waals surface area (Å²) in [4.78, 5) is 14.5. The number of aldehydes is 1. The molecule has 5 nitrogen and oxygen atoms in total. The van der Waals surface area contributed by atoms with E-state index < -0.39 is 0 Å². The minimum Gasteiger partial charge on any atom is -0.497 e. The number of nitrogens with zero attached hydrogens (tertiary/aromatic N) is 1. The minimum absolute atomic E-state index is 0.510. The van der Waals surface area contributed by atoms with Gasteiger partial charge in [-0.05, 0) is 61.6 Å². The van der Waals surface area contributed by atoms with Crippen LogP contribution in [0.2, 0.25) is 0 Å². The number of rotatable bonds is 11. The molecule has 2 aromatic rings. The summed E-state index contributed by atoms with van der Waals surface area (Å²) in [7, 11) is 3.22. The Morgan fingerprint density at radius 2 is 1.88 bits per heavy atom. The average Bonchev–Trinajstić information content (AvgIpc) is 2.85. The number of hydrogen-bond donors (Lipinski definition) is 0. The minimum atomic E-state index is 0.510. The van der Waals surface area contributed by atoms with Gasteiger partial charge in [-0.1, -0.05) is 32.4 Å². The highest BCUT2D eigenvalue weighted by molar-refractivity contribution is 5.92. The van der Waals surface area contributed by atoms with Crippen LogP contribution in [0.25, 0.3) is 11.1 Å². The lowest BCUT2D eigenvalue weighted by Gasteiger charge is -2.38. The van der Waals surface area contributed by atoms with E-state index in [2.05, 4.69) is 18.7 Å². The quantitative estimate of drug-likeness (QED) is 0.411. The molecule has 0 spiro atoms. The van der Waals surface area contributed by atoms with Gasteiger partial charge in [-0.3, -0.25) is 9.69 Å². The van der Waals surface area contributed by atoms with E-state index in [-0.39, 0.29) is 0 Å². The first-order valence-corrected chi connectivity index (χ1v) is 11.8. The second-order valence-corrected chi connectivity index (χ2v) is 8.60. The number of benzene rings is 2. The lowest BCUT2D eigenvalue weighted by atomic mass is 9.95. The summed E-state index contributed by atoms with van der Waals surface area (Å²) in [6.07, 6.45) is 6.95. The number of carbonyl (C=O) groups excluding carboxylic acids is 1. The lowest BCUT2D eigenvalue weighted by molar-refractivity contribution is 0.0883. The van der Waals surface area contributed by atoms with E-state index >= 15 is 0 Å².